The molecule has 3 aliphatic rings. The van der Waals surface area contributed by atoms with E-state index in [9.17, 15) is 24.3 Å². The van der Waals surface area contributed by atoms with E-state index in [-0.39, 0.29) is 17.2 Å². The Labute approximate surface area is 152 Å². The van der Waals surface area contributed by atoms with Crippen molar-refractivity contribution in [2.75, 3.05) is 13.1 Å². The molecule has 2 saturated heterocycles. The van der Waals surface area contributed by atoms with Gasteiger partial charge in [-0.15, -0.1) is 0 Å². The van der Waals surface area contributed by atoms with Gasteiger partial charge in [-0.05, 0) is 43.4 Å². The fourth-order valence-corrected chi connectivity index (χ4v) is 5.20. The maximum atomic E-state index is 13.0. The van der Waals surface area contributed by atoms with Crippen molar-refractivity contribution in [2.45, 2.75) is 64.5 Å². The number of carbonyl (C=O) groups excluding carboxylic acids is 3. The first kappa shape index (κ1) is 18.7. The minimum atomic E-state index is -1.05. The lowest BCUT2D eigenvalue weighted by Crippen LogP contribution is -2.54. The molecule has 3 fully saturated rings. The van der Waals surface area contributed by atoms with E-state index in [1.807, 2.05) is 0 Å². The van der Waals surface area contributed by atoms with E-state index in [2.05, 4.69) is 26.1 Å². The number of carboxylic acid groups (broad SMARTS) is 1. The second-order valence-electron chi connectivity index (χ2n) is 8.84. The van der Waals surface area contributed by atoms with Crippen LogP contribution in [-0.4, -0.2) is 63.4 Å². The topological polar surface area (TPSA) is 107 Å². The molecule has 8 heteroatoms. The Balaban J connectivity index is 1.75. The Hall–Kier alpha value is -2.12. The summed E-state index contributed by atoms with van der Waals surface area (Å²) in [5, 5.41) is 12.1. The molecule has 2 aliphatic heterocycles. The van der Waals surface area contributed by atoms with Crippen molar-refractivity contribution in [1.29, 1.82) is 0 Å². The SMILES string of the molecule is CC1CC(C)(C)CC2(C1)NC(=O)N(CC(=O)N1CCC[C@H]1C(=O)O)C2=O. The first-order valence-corrected chi connectivity index (χ1v) is 9.21. The summed E-state index contributed by atoms with van der Waals surface area (Å²) in [4.78, 5) is 51.6. The summed E-state index contributed by atoms with van der Waals surface area (Å²) in [6, 6.07) is -1.43. The molecule has 2 N–H and O–H groups in total. The van der Waals surface area contributed by atoms with Crippen molar-refractivity contribution in [3.05, 3.63) is 0 Å². The Morgan fingerprint density at radius 3 is 2.58 bits per heavy atom. The fourth-order valence-electron chi connectivity index (χ4n) is 5.20. The van der Waals surface area contributed by atoms with Crippen LogP contribution in [0.5, 0.6) is 0 Å². The van der Waals surface area contributed by atoms with Crippen molar-refractivity contribution in [1.82, 2.24) is 15.1 Å². The van der Waals surface area contributed by atoms with Crippen LogP contribution in [0.2, 0.25) is 0 Å². The number of likely N-dealkylation sites (tertiary alicyclic amines) is 1. The molecule has 0 aromatic rings. The predicted octanol–water partition coefficient (Wildman–Crippen LogP) is 1.20. The lowest BCUT2D eigenvalue weighted by atomic mass is 9.64. The zero-order valence-corrected chi connectivity index (χ0v) is 15.6. The summed E-state index contributed by atoms with van der Waals surface area (Å²) < 4.78 is 0. The Bertz CT molecular complexity index is 661. The number of nitrogens with one attached hydrogen (secondary N) is 1. The molecule has 0 radical (unpaired) electrons. The molecule has 2 heterocycles. The molecule has 4 amide bonds. The highest BCUT2D eigenvalue weighted by molar-refractivity contribution is 6.09. The smallest absolute Gasteiger partial charge is 0.326 e. The van der Waals surface area contributed by atoms with Gasteiger partial charge in [-0.1, -0.05) is 20.8 Å². The molecule has 3 atom stereocenters. The standard InChI is InChI=1S/C18H27N3O5/c1-11-7-17(2,3)10-18(8-11)15(25)21(16(26)19-18)9-13(22)20-6-4-5-12(20)14(23)24/h11-12H,4-10H2,1-3H3,(H,19,26)(H,23,24)/t11?,12-,18?/m0/s1. The normalized spacial score (nSPS) is 33.7. The minimum Gasteiger partial charge on any atom is -0.480 e. The third kappa shape index (κ3) is 3.17. The number of carboxylic acids is 1. The van der Waals surface area contributed by atoms with Crippen LogP contribution in [0.15, 0.2) is 0 Å². The highest BCUT2D eigenvalue weighted by Crippen LogP contribution is 2.46. The number of amides is 4. The third-order valence-electron chi connectivity index (χ3n) is 5.78. The van der Waals surface area contributed by atoms with Crippen molar-refractivity contribution < 1.29 is 24.3 Å². The zero-order chi connectivity index (χ0) is 19.3. The highest BCUT2D eigenvalue weighted by Gasteiger charge is 2.56. The van der Waals surface area contributed by atoms with Gasteiger partial charge in [0.25, 0.3) is 5.91 Å². The molecule has 26 heavy (non-hydrogen) atoms. The number of urea groups is 1. The van der Waals surface area contributed by atoms with Gasteiger partial charge in [-0.25, -0.2) is 9.59 Å². The number of carbonyl (C=O) groups is 4. The summed E-state index contributed by atoms with van der Waals surface area (Å²) in [5.74, 6) is -1.61. The second-order valence-corrected chi connectivity index (χ2v) is 8.84. The molecule has 1 saturated carbocycles. The molecule has 2 unspecified atom stereocenters. The van der Waals surface area contributed by atoms with Crippen LogP contribution in [0.25, 0.3) is 0 Å². The number of hydrogen-bond acceptors (Lipinski definition) is 4. The number of aliphatic carboxylic acids is 1. The molecule has 0 aromatic heterocycles. The summed E-state index contributed by atoms with van der Waals surface area (Å²) in [5.41, 5.74) is -1.03. The van der Waals surface area contributed by atoms with Gasteiger partial charge >= 0.3 is 12.0 Å². The van der Waals surface area contributed by atoms with E-state index < -0.39 is 36.0 Å². The average molecular weight is 365 g/mol. The van der Waals surface area contributed by atoms with Gasteiger partial charge in [0.1, 0.15) is 18.1 Å². The van der Waals surface area contributed by atoms with E-state index in [1.54, 1.807) is 0 Å². The maximum Gasteiger partial charge on any atom is 0.326 e. The first-order valence-electron chi connectivity index (χ1n) is 9.21. The second kappa shape index (κ2) is 6.25. The molecule has 0 bridgehead atoms. The molecule has 144 valence electrons. The molecular weight excluding hydrogens is 338 g/mol. The molecule has 3 rings (SSSR count). The Morgan fingerprint density at radius 2 is 1.96 bits per heavy atom. The van der Waals surface area contributed by atoms with Crippen molar-refractivity contribution in [3.8, 4) is 0 Å². The minimum absolute atomic E-state index is 0.0794. The lowest BCUT2D eigenvalue weighted by Gasteiger charge is -2.43. The number of rotatable bonds is 3. The van der Waals surface area contributed by atoms with Crippen LogP contribution in [-0.2, 0) is 14.4 Å². The van der Waals surface area contributed by atoms with Gasteiger partial charge in [-0.3, -0.25) is 14.5 Å². The van der Waals surface area contributed by atoms with E-state index >= 15 is 0 Å². The van der Waals surface area contributed by atoms with Crippen LogP contribution < -0.4 is 5.32 Å². The van der Waals surface area contributed by atoms with Gasteiger partial charge in [-0.2, -0.15) is 0 Å². The largest absolute Gasteiger partial charge is 0.480 e. The summed E-state index contributed by atoms with van der Waals surface area (Å²) in [6.07, 6.45) is 3.09. The quantitative estimate of drug-likeness (QED) is 0.731. The van der Waals surface area contributed by atoms with Crippen LogP contribution in [0, 0.1) is 11.3 Å². The maximum absolute atomic E-state index is 13.0. The Morgan fingerprint density at radius 1 is 1.27 bits per heavy atom. The highest BCUT2D eigenvalue weighted by atomic mass is 16.4. The predicted molar refractivity (Wildman–Crippen MR) is 92.1 cm³/mol. The van der Waals surface area contributed by atoms with Crippen molar-refractivity contribution in [3.63, 3.8) is 0 Å². The van der Waals surface area contributed by atoms with E-state index in [1.165, 1.54) is 4.90 Å². The van der Waals surface area contributed by atoms with Gasteiger partial charge < -0.3 is 15.3 Å². The van der Waals surface area contributed by atoms with Gasteiger partial charge in [0.15, 0.2) is 0 Å². The van der Waals surface area contributed by atoms with Crippen LogP contribution in [0.1, 0.15) is 52.9 Å². The fraction of sp³-hybridized carbons (Fsp3) is 0.778. The van der Waals surface area contributed by atoms with Gasteiger partial charge in [0, 0.05) is 6.54 Å². The van der Waals surface area contributed by atoms with E-state index in [0.29, 0.717) is 32.2 Å². The van der Waals surface area contributed by atoms with E-state index in [4.69, 9.17) is 0 Å². The van der Waals surface area contributed by atoms with Crippen LogP contribution >= 0.6 is 0 Å². The number of nitrogens with zero attached hydrogens (tertiary/aromatic N) is 2. The first-order chi connectivity index (χ1) is 12.0. The van der Waals surface area contributed by atoms with Gasteiger partial charge in [0.05, 0.1) is 0 Å². The Kier molecular flexibility index (Phi) is 4.48. The molecular formula is C18H27N3O5. The van der Waals surface area contributed by atoms with Crippen LogP contribution in [0.3, 0.4) is 0 Å². The van der Waals surface area contributed by atoms with Crippen molar-refractivity contribution >= 4 is 23.8 Å². The van der Waals surface area contributed by atoms with E-state index in [0.717, 1.165) is 11.3 Å². The third-order valence-corrected chi connectivity index (χ3v) is 5.78. The van der Waals surface area contributed by atoms with Crippen molar-refractivity contribution in [2.24, 2.45) is 11.3 Å². The summed E-state index contributed by atoms with van der Waals surface area (Å²) >= 11 is 0. The average Bonchev–Trinajstić information content (AvgIpc) is 3.05. The summed E-state index contributed by atoms with van der Waals surface area (Å²) in [6.45, 7) is 6.18. The molecule has 1 spiro atoms. The van der Waals surface area contributed by atoms with Gasteiger partial charge in [0.2, 0.25) is 5.91 Å². The summed E-state index contributed by atoms with van der Waals surface area (Å²) in [7, 11) is 0. The monoisotopic (exact) mass is 365 g/mol. The number of hydrogen-bond donors (Lipinski definition) is 2. The van der Waals surface area contributed by atoms with Crippen LogP contribution in [0.4, 0.5) is 4.79 Å². The molecule has 8 nitrogen and oxygen atoms in total. The molecule has 0 aromatic carbocycles. The lowest BCUT2D eigenvalue weighted by molar-refractivity contribution is -0.149. The number of imide groups is 1. The molecule has 1 aliphatic carbocycles. The zero-order valence-electron chi connectivity index (χ0n) is 15.6.